The number of fused-ring (bicyclic) bond motifs is 2. The van der Waals surface area contributed by atoms with Gasteiger partial charge in [0.25, 0.3) is 0 Å². The fraction of sp³-hybridized carbons (Fsp3) is 0.213. The number of aromatic amines is 2. The fourth-order valence-electron chi connectivity index (χ4n) is 8.01. The van der Waals surface area contributed by atoms with Gasteiger partial charge in [-0.1, -0.05) is 84.9 Å². The zero-order valence-corrected chi connectivity index (χ0v) is 35.0. The summed E-state index contributed by atoms with van der Waals surface area (Å²) in [6, 6.07) is 45.4. The molecule has 14 heteroatoms. The van der Waals surface area contributed by atoms with E-state index in [0.717, 1.165) is 70.5 Å². The van der Waals surface area contributed by atoms with E-state index in [1.165, 1.54) is 10.5 Å². The van der Waals surface area contributed by atoms with Crippen molar-refractivity contribution >= 4 is 42.1 Å². The van der Waals surface area contributed by atoms with Crippen LogP contribution in [-0.4, -0.2) is 76.5 Å². The predicted octanol–water partition coefficient (Wildman–Crippen LogP) is 9.12. The molecule has 0 aliphatic carbocycles. The number of ether oxygens (including phenoxy) is 1. The number of imidazole rings is 2. The Balaban J connectivity index is 0.000000156. The van der Waals surface area contributed by atoms with E-state index in [-0.39, 0.29) is 16.7 Å². The van der Waals surface area contributed by atoms with Gasteiger partial charge in [0.2, 0.25) is 25.9 Å². The molecule has 3 aromatic heterocycles. The van der Waals surface area contributed by atoms with Crippen LogP contribution in [0.2, 0.25) is 0 Å². The molecular formula is C47H45N7O5S2. The van der Waals surface area contributed by atoms with E-state index in [9.17, 15) is 16.8 Å². The van der Waals surface area contributed by atoms with Gasteiger partial charge >= 0.3 is 0 Å². The maximum absolute atomic E-state index is 13.1. The Morgan fingerprint density at radius 3 is 1.43 bits per heavy atom. The van der Waals surface area contributed by atoms with Crippen LogP contribution in [0, 0.1) is 0 Å². The Bertz CT molecular complexity index is 2880. The average molecular weight is 852 g/mol. The minimum Gasteiger partial charge on any atom is -0.439 e. The molecule has 10 rings (SSSR count). The summed E-state index contributed by atoms with van der Waals surface area (Å²) < 4.78 is 61.1. The smallest absolute Gasteiger partial charge is 0.244 e. The molecule has 8 aromatic rings. The first kappa shape index (κ1) is 40.2. The molecule has 0 unspecified atom stereocenters. The number of rotatable bonds is 9. The van der Waals surface area contributed by atoms with Gasteiger partial charge in [0.1, 0.15) is 22.3 Å². The standard InChI is InChI=1S/C24H23N3O2S.C23H22N4O3S/c28-30(29,21-12-10-19(11-13-21)18-6-2-1-3-7-18)27-16-14-20(15-17-27)24-25-22-8-4-5-9-23(22)26-24;28-31(29,19-10-11-22(24-16-19)30-18-6-2-1-3-7-18)27-14-12-17(13-15-27)23-25-20-8-4-5-9-21(20)26-23/h1-13,20H,14-17H2,(H,25,26);1-11,16-17H,12-15H2,(H,25,26). The van der Waals surface area contributed by atoms with Crippen LogP contribution >= 0.6 is 0 Å². The highest BCUT2D eigenvalue weighted by atomic mass is 32.2. The topological polar surface area (TPSA) is 154 Å². The van der Waals surface area contributed by atoms with Crippen LogP contribution in [0.25, 0.3) is 33.2 Å². The second-order valence-corrected chi connectivity index (χ2v) is 19.1. The van der Waals surface area contributed by atoms with E-state index in [1.807, 2.05) is 121 Å². The number of nitrogens with zero attached hydrogens (tertiary/aromatic N) is 5. The molecule has 2 saturated heterocycles. The maximum Gasteiger partial charge on any atom is 0.244 e. The van der Waals surface area contributed by atoms with Crippen LogP contribution in [0.5, 0.6) is 11.6 Å². The number of nitrogens with one attached hydrogen (secondary N) is 2. The van der Waals surface area contributed by atoms with Gasteiger partial charge in [-0.25, -0.2) is 31.8 Å². The van der Waals surface area contributed by atoms with Crippen LogP contribution in [0.1, 0.15) is 49.2 Å². The van der Waals surface area contributed by atoms with Crippen LogP contribution in [0.3, 0.4) is 0 Å². The molecule has 0 bridgehead atoms. The number of hydrogen-bond acceptors (Lipinski definition) is 8. The number of para-hydroxylation sites is 5. The monoisotopic (exact) mass is 851 g/mol. The summed E-state index contributed by atoms with van der Waals surface area (Å²) in [5.41, 5.74) is 6.03. The lowest BCUT2D eigenvalue weighted by atomic mass is 9.97. The third kappa shape index (κ3) is 8.84. The van der Waals surface area contributed by atoms with E-state index < -0.39 is 20.0 Å². The zero-order valence-electron chi connectivity index (χ0n) is 33.3. The second-order valence-electron chi connectivity index (χ2n) is 15.3. The quantitative estimate of drug-likeness (QED) is 0.146. The fourth-order valence-corrected chi connectivity index (χ4v) is 10.9. The van der Waals surface area contributed by atoms with Crippen molar-refractivity contribution in [1.29, 1.82) is 0 Å². The number of pyridine rings is 1. The number of H-pyrrole nitrogens is 2. The van der Waals surface area contributed by atoms with E-state index in [0.29, 0.717) is 42.7 Å². The molecule has 12 nitrogen and oxygen atoms in total. The normalized spacial score (nSPS) is 16.0. The van der Waals surface area contributed by atoms with Crippen molar-refractivity contribution < 1.29 is 21.6 Å². The highest BCUT2D eigenvalue weighted by Gasteiger charge is 2.32. The SMILES string of the molecule is O=S(=O)(c1ccc(-c2ccccc2)cc1)N1CCC(c2nc3ccccc3[nH]2)CC1.O=S(=O)(c1ccc(Oc2ccccc2)nc1)N1CCC(c2nc3ccccc3[nH]2)CC1. The van der Waals surface area contributed by atoms with E-state index in [4.69, 9.17) is 9.72 Å². The second kappa shape index (κ2) is 17.4. The van der Waals surface area contributed by atoms with Gasteiger partial charge in [0.15, 0.2) is 0 Å². The van der Waals surface area contributed by atoms with Gasteiger partial charge in [0.05, 0.1) is 33.2 Å². The first-order valence-electron chi connectivity index (χ1n) is 20.4. The van der Waals surface area contributed by atoms with Crippen LogP contribution in [-0.2, 0) is 20.0 Å². The summed E-state index contributed by atoms with van der Waals surface area (Å²) >= 11 is 0. The third-order valence-corrected chi connectivity index (χ3v) is 15.2. The molecular weight excluding hydrogens is 807 g/mol. The van der Waals surface area contributed by atoms with Crippen molar-refractivity contribution in [2.45, 2.75) is 47.3 Å². The van der Waals surface area contributed by atoms with Crippen LogP contribution in [0.4, 0.5) is 0 Å². The number of sulfonamides is 2. The highest BCUT2D eigenvalue weighted by Crippen LogP contribution is 2.33. The Morgan fingerprint density at radius 2 is 0.934 bits per heavy atom. The van der Waals surface area contributed by atoms with Crippen molar-refractivity contribution in [2.75, 3.05) is 26.2 Å². The summed E-state index contributed by atoms with van der Waals surface area (Å²) in [7, 11) is -7.09. The van der Waals surface area contributed by atoms with Gasteiger partial charge in [0, 0.05) is 44.1 Å². The lowest BCUT2D eigenvalue weighted by molar-refractivity contribution is 0.314. The average Bonchev–Trinajstić information content (AvgIpc) is 3.96. The lowest BCUT2D eigenvalue weighted by Crippen LogP contribution is -2.38. The number of hydrogen-bond donors (Lipinski definition) is 2. The molecule has 5 heterocycles. The number of benzene rings is 5. The first-order valence-corrected chi connectivity index (χ1v) is 23.3. The molecule has 2 aliphatic rings. The number of aromatic nitrogens is 5. The molecule has 61 heavy (non-hydrogen) atoms. The van der Waals surface area contributed by atoms with Gasteiger partial charge in [-0.05, 0) is 91.4 Å². The molecule has 310 valence electrons. The van der Waals surface area contributed by atoms with E-state index in [1.54, 1.807) is 28.6 Å². The largest absolute Gasteiger partial charge is 0.439 e. The van der Waals surface area contributed by atoms with Crippen LogP contribution in [0.15, 0.2) is 162 Å². The number of piperidine rings is 2. The maximum atomic E-state index is 13.1. The molecule has 0 radical (unpaired) electrons. The van der Waals surface area contributed by atoms with Gasteiger partial charge in [-0.15, -0.1) is 0 Å². The Hall–Kier alpha value is -6.19. The lowest BCUT2D eigenvalue weighted by Gasteiger charge is -2.30. The van der Waals surface area contributed by atoms with Gasteiger partial charge in [-0.2, -0.15) is 8.61 Å². The zero-order chi connectivity index (χ0) is 41.8. The third-order valence-electron chi connectivity index (χ3n) is 11.4. The first-order chi connectivity index (χ1) is 29.7. The van der Waals surface area contributed by atoms with Gasteiger partial charge < -0.3 is 14.7 Å². The highest BCUT2D eigenvalue weighted by molar-refractivity contribution is 7.89. The predicted molar refractivity (Wildman–Crippen MR) is 236 cm³/mol. The van der Waals surface area contributed by atoms with Gasteiger partial charge in [-0.3, -0.25) is 0 Å². The molecule has 0 saturated carbocycles. The van der Waals surface area contributed by atoms with E-state index >= 15 is 0 Å². The summed E-state index contributed by atoms with van der Waals surface area (Å²) in [5, 5.41) is 0. The summed E-state index contributed by atoms with van der Waals surface area (Å²) in [6.07, 6.45) is 4.34. The van der Waals surface area contributed by atoms with Crippen LogP contribution < -0.4 is 4.74 Å². The molecule has 5 aromatic carbocycles. The molecule has 2 fully saturated rings. The minimum atomic E-state index is -3.60. The Labute approximate surface area is 355 Å². The van der Waals surface area contributed by atoms with Crippen molar-refractivity contribution in [3.63, 3.8) is 0 Å². The van der Waals surface area contributed by atoms with Crippen molar-refractivity contribution in [2.24, 2.45) is 0 Å². The summed E-state index contributed by atoms with van der Waals surface area (Å²) in [4.78, 5) is 20.8. The molecule has 0 amide bonds. The van der Waals surface area contributed by atoms with Crippen molar-refractivity contribution in [3.05, 3.63) is 163 Å². The summed E-state index contributed by atoms with van der Waals surface area (Å²) in [5.74, 6) is 3.37. The van der Waals surface area contributed by atoms with Crippen molar-refractivity contribution in [1.82, 2.24) is 33.5 Å². The minimum absolute atomic E-state index is 0.176. The molecule has 0 spiro atoms. The van der Waals surface area contributed by atoms with E-state index in [2.05, 4.69) is 19.9 Å². The molecule has 0 atom stereocenters. The van der Waals surface area contributed by atoms with Crippen molar-refractivity contribution in [3.8, 4) is 22.8 Å². The molecule has 2 N–H and O–H groups in total. The summed E-state index contributed by atoms with van der Waals surface area (Å²) in [6.45, 7) is 1.91. The Kier molecular flexibility index (Phi) is 11.5. The molecule has 2 aliphatic heterocycles. The Morgan fingerprint density at radius 1 is 0.492 bits per heavy atom.